The fourth-order valence-corrected chi connectivity index (χ4v) is 4.47. The Balaban J connectivity index is 1.46. The van der Waals surface area contributed by atoms with E-state index in [1.165, 1.54) is 28.3 Å². The SMILES string of the molecule is CCc1cc2c(cc1CC)CC(NC[C@@H](O)c1cccc3[nH]c(=O)ccc13)C2. The average Bonchev–Trinajstić information content (AvgIpc) is 3.11. The van der Waals surface area contributed by atoms with Crippen LogP contribution in [0.25, 0.3) is 10.9 Å². The Morgan fingerprint density at radius 2 is 1.75 bits per heavy atom. The maximum absolute atomic E-state index is 11.5. The van der Waals surface area contributed by atoms with Crippen molar-refractivity contribution in [2.45, 2.75) is 51.7 Å². The molecule has 0 amide bonds. The first-order chi connectivity index (χ1) is 13.6. The van der Waals surface area contributed by atoms with Crippen molar-refractivity contribution in [2.24, 2.45) is 0 Å². The molecule has 4 rings (SSSR count). The average molecular weight is 377 g/mol. The predicted molar refractivity (Wildman–Crippen MR) is 114 cm³/mol. The maximum atomic E-state index is 11.5. The number of aromatic amines is 1. The van der Waals surface area contributed by atoms with Gasteiger partial charge in [-0.05, 0) is 65.6 Å². The molecule has 0 fully saturated rings. The molecule has 1 atom stereocenters. The van der Waals surface area contributed by atoms with Gasteiger partial charge in [0.05, 0.1) is 6.10 Å². The lowest BCUT2D eigenvalue weighted by atomic mass is 9.97. The van der Waals surface area contributed by atoms with Gasteiger partial charge < -0.3 is 15.4 Å². The van der Waals surface area contributed by atoms with E-state index >= 15 is 0 Å². The summed E-state index contributed by atoms with van der Waals surface area (Å²) in [6.07, 6.45) is 3.58. The predicted octanol–water partition coefficient (Wildman–Crippen LogP) is 3.44. The van der Waals surface area contributed by atoms with Gasteiger partial charge in [0.1, 0.15) is 0 Å². The number of benzene rings is 2. The molecule has 1 heterocycles. The Morgan fingerprint density at radius 3 is 2.39 bits per heavy atom. The molecule has 1 aromatic heterocycles. The van der Waals surface area contributed by atoms with E-state index in [1.54, 1.807) is 6.07 Å². The number of fused-ring (bicyclic) bond motifs is 2. The number of aryl methyl sites for hydroxylation is 2. The molecule has 1 aliphatic rings. The van der Waals surface area contributed by atoms with E-state index in [4.69, 9.17) is 0 Å². The van der Waals surface area contributed by atoms with E-state index in [2.05, 4.69) is 36.3 Å². The van der Waals surface area contributed by atoms with Crippen LogP contribution in [0.3, 0.4) is 0 Å². The summed E-state index contributed by atoms with van der Waals surface area (Å²) < 4.78 is 0. The van der Waals surface area contributed by atoms with Crippen LogP contribution in [0.5, 0.6) is 0 Å². The van der Waals surface area contributed by atoms with Gasteiger partial charge in [0, 0.05) is 29.6 Å². The summed E-state index contributed by atoms with van der Waals surface area (Å²) in [7, 11) is 0. The number of aliphatic hydroxyl groups is 1. The highest BCUT2D eigenvalue weighted by atomic mass is 16.3. The first kappa shape index (κ1) is 18.9. The van der Waals surface area contributed by atoms with Gasteiger partial charge in [-0.1, -0.05) is 38.1 Å². The lowest BCUT2D eigenvalue weighted by molar-refractivity contribution is 0.171. The Labute approximate surface area is 165 Å². The molecule has 0 bridgehead atoms. The summed E-state index contributed by atoms with van der Waals surface area (Å²) in [5.74, 6) is 0. The molecule has 3 aromatic rings. The third kappa shape index (κ3) is 3.62. The smallest absolute Gasteiger partial charge is 0.248 e. The Kier molecular flexibility index (Phi) is 5.33. The number of H-pyrrole nitrogens is 1. The van der Waals surface area contributed by atoms with Crippen LogP contribution in [0.1, 0.15) is 47.8 Å². The van der Waals surface area contributed by atoms with E-state index in [0.29, 0.717) is 12.6 Å². The van der Waals surface area contributed by atoms with Crippen molar-refractivity contribution in [3.05, 3.63) is 80.6 Å². The number of nitrogens with one attached hydrogen (secondary N) is 2. The minimum atomic E-state index is -0.615. The van der Waals surface area contributed by atoms with Crippen molar-refractivity contribution < 1.29 is 5.11 Å². The van der Waals surface area contributed by atoms with E-state index in [0.717, 1.165) is 42.1 Å². The Bertz CT molecular complexity index is 1020. The minimum Gasteiger partial charge on any atom is -0.387 e. The molecule has 0 unspecified atom stereocenters. The van der Waals surface area contributed by atoms with Crippen LogP contribution < -0.4 is 10.9 Å². The Morgan fingerprint density at radius 1 is 1.07 bits per heavy atom. The third-order valence-electron chi connectivity index (χ3n) is 5.97. The fraction of sp³-hybridized carbons (Fsp3) is 0.375. The highest BCUT2D eigenvalue weighted by Gasteiger charge is 2.23. The number of aliphatic hydroxyl groups excluding tert-OH is 1. The molecule has 0 saturated carbocycles. The van der Waals surface area contributed by atoms with Crippen molar-refractivity contribution in [3.63, 3.8) is 0 Å². The number of hydrogen-bond donors (Lipinski definition) is 3. The Hall–Kier alpha value is -2.43. The zero-order valence-electron chi connectivity index (χ0n) is 16.6. The molecule has 0 radical (unpaired) electrons. The second kappa shape index (κ2) is 7.90. The summed E-state index contributed by atoms with van der Waals surface area (Å²) >= 11 is 0. The van der Waals surface area contributed by atoms with Crippen LogP contribution in [-0.4, -0.2) is 22.7 Å². The summed E-state index contributed by atoms with van der Waals surface area (Å²) in [5.41, 5.74) is 7.31. The number of hydrogen-bond acceptors (Lipinski definition) is 3. The molecular formula is C24H28N2O2. The number of pyridine rings is 1. The molecule has 2 aromatic carbocycles. The lowest BCUT2D eigenvalue weighted by Gasteiger charge is -2.18. The molecule has 0 saturated heterocycles. The monoisotopic (exact) mass is 376 g/mol. The van der Waals surface area contributed by atoms with Gasteiger partial charge in [-0.15, -0.1) is 0 Å². The van der Waals surface area contributed by atoms with Crippen LogP contribution in [0.4, 0.5) is 0 Å². The lowest BCUT2D eigenvalue weighted by Crippen LogP contribution is -2.33. The van der Waals surface area contributed by atoms with E-state index in [9.17, 15) is 9.90 Å². The van der Waals surface area contributed by atoms with Gasteiger partial charge in [-0.25, -0.2) is 0 Å². The second-order valence-corrected chi connectivity index (χ2v) is 7.76. The second-order valence-electron chi connectivity index (χ2n) is 7.76. The molecular weight excluding hydrogens is 348 g/mol. The van der Waals surface area contributed by atoms with Gasteiger partial charge >= 0.3 is 0 Å². The van der Waals surface area contributed by atoms with Crippen LogP contribution in [-0.2, 0) is 25.7 Å². The molecule has 0 spiro atoms. The topological polar surface area (TPSA) is 65.1 Å². The number of aromatic nitrogens is 1. The molecule has 146 valence electrons. The van der Waals surface area contributed by atoms with Gasteiger partial charge in [0.25, 0.3) is 0 Å². The van der Waals surface area contributed by atoms with Crippen molar-refractivity contribution in [3.8, 4) is 0 Å². The fourth-order valence-electron chi connectivity index (χ4n) is 4.47. The van der Waals surface area contributed by atoms with Gasteiger partial charge in [0.15, 0.2) is 0 Å². The highest BCUT2D eigenvalue weighted by molar-refractivity contribution is 5.82. The van der Waals surface area contributed by atoms with Crippen LogP contribution >= 0.6 is 0 Å². The van der Waals surface area contributed by atoms with Crippen LogP contribution in [0.2, 0.25) is 0 Å². The van der Waals surface area contributed by atoms with Gasteiger partial charge in [-0.3, -0.25) is 4.79 Å². The summed E-state index contributed by atoms with van der Waals surface area (Å²) in [6.45, 7) is 4.94. The van der Waals surface area contributed by atoms with Crippen LogP contribution in [0.15, 0.2) is 47.3 Å². The zero-order chi connectivity index (χ0) is 19.7. The first-order valence-corrected chi connectivity index (χ1v) is 10.3. The number of rotatable bonds is 6. The molecule has 3 N–H and O–H groups in total. The first-order valence-electron chi connectivity index (χ1n) is 10.3. The standard InChI is InChI=1S/C24H28N2O2/c1-3-15-10-17-12-19(13-18(17)11-16(15)4-2)25-14-23(27)21-6-5-7-22-20(21)8-9-24(28)26-22/h5-11,19,23,25,27H,3-4,12-14H2,1-2H3,(H,26,28)/t23-/m1/s1. The van der Waals surface area contributed by atoms with E-state index in [-0.39, 0.29) is 5.56 Å². The van der Waals surface area contributed by atoms with Crippen molar-refractivity contribution in [1.29, 1.82) is 0 Å². The molecule has 0 aliphatic heterocycles. The largest absolute Gasteiger partial charge is 0.387 e. The summed E-state index contributed by atoms with van der Waals surface area (Å²) in [5, 5.41) is 15.2. The van der Waals surface area contributed by atoms with Crippen molar-refractivity contribution in [1.82, 2.24) is 10.3 Å². The van der Waals surface area contributed by atoms with Crippen LogP contribution in [0, 0.1) is 0 Å². The van der Waals surface area contributed by atoms with Gasteiger partial charge in [-0.2, -0.15) is 0 Å². The van der Waals surface area contributed by atoms with E-state index in [1.807, 2.05) is 18.2 Å². The molecule has 28 heavy (non-hydrogen) atoms. The normalized spacial score (nSPS) is 15.1. The third-order valence-corrected chi connectivity index (χ3v) is 5.97. The molecule has 1 aliphatic carbocycles. The minimum absolute atomic E-state index is 0.126. The van der Waals surface area contributed by atoms with Crippen molar-refractivity contribution in [2.75, 3.05) is 6.54 Å². The summed E-state index contributed by atoms with van der Waals surface area (Å²) in [6, 6.07) is 14.1. The summed E-state index contributed by atoms with van der Waals surface area (Å²) in [4.78, 5) is 14.4. The molecule has 4 heteroatoms. The van der Waals surface area contributed by atoms with E-state index < -0.39 is 6.10 Å². The highest BCUT2D eigenvalue weighted by Crippen LogP contribution is 2.28. The zero-order valence-corrected chi connectivity index (χ0v) is 16.6. The van der Waals surface area contributed by atoms with Gasteiger partial charge in [0.2, 0.25) is 5.56 Å². The molecule has 4 nitrogen and oxygen atoms in total. The quantitative estimate of drug-likeness (QED) is 0.617. The maximum Gasteiger partial charge on any atom is 0.248 e. The van der Waals surface area contributed by atoms with Crippen molar-refractivity contribution >= 4 is 10.9 Å².